The van der Waals surface area contributed by atoms with E-state index in [0.29, 0.717) is 25.4 Å². The fourth-order valence-corrected chi connectivity index (χ4v) is 3.79. The number of nitrogens with zero attached hydrogens (tertiary/aromatic N) is 4. The van der Waals surface area contributed by atoms with Crippen LogP contribution in [-0.2, 0) is 16.1 Å². The number of ether oxygens (including phenoxy) is 2. The van der Waals surface area contributed by atoms with Crippen LogP contribution >= 0.6 is 11.8 Å². The molecule has 8 heteroatoms. The second-order valence-electron chi connectivity index (χ2n) is 5.40. The van der Waals surface area contributed by atoms with Gasteiger partial charge in [0.05, 0.1) is 32.2 Å². The first kappa shape index (κ1) is 16.8. The number of amides is 1. The smallest absolute Gasteiger partial charge is 0.233 e. The molecule has 1 fully saturated rings. The van der Waals surface area contributed by atoms with Crippen molar-refractivity contribution >= 4 is 17.7 Å². The van der Waals surface area contributed by atoms with Gasteiger partial charge < -0.3 is 14.4 Å². The van der Waals surface area contributed by atoms with Crippen LogP contribution in [0.2, 0.25) is 0 Å². The molecule has 2 heterocycles. The normalized spacial score (nSPS) is 17.5. The molecule has 1 aliphatic heterocycles. The maximum atomic E-state index is 12.0. The molecule has 1 aliphatic rings. The number of benzene rings is 1. The molecule has 0 radical (unpaired) electrons. The van der Waals surface area contributed by atoms with E-state index in [1.807, 2.05) is 30.5 Å². The Kier molecular flexibility index (Phi) is 5.37. The molecule has 1 aromatic carbocycles. The topological polar surface area (TPSA) is 69.5 Å². The lowest BCUT2D eigenvalue weighted by Crippen LogP contribution is -2.31. The van der Waals surface area contributed by atoms with Crippen LogP contribution in [0, 0.1) is 0 Å². The quantitative estimate of drug-likeness (QED) is 0.756. The third kappa shape index (κ3) is 3.54. The van der Waals surface area contributed by atoms with Gasteiger partial charge in [-0.2, -0.15) is 0 Å². The Hall–Kier alpha value is -2.06. The predicted octanol–water partition coefficient (Wildman–Crippen LogP) is 1.56. The molecule has 128 valence electrons. The Bertz CT molecular complexity index is 706. The predicted molar refractivity (Wildman–Crippen MR) is 90.9 cm³/mol. The molecule has 1 aromatic heterocycles. The molecular formula is C16H20N4O3S. The van der Waals surface area contributed by atoms with Gasteiger partial charge in [0.15, 0.2) is 0 Å². The summed E-state index contributed by atoms with van der Waals surface area (Å²) >= 11 is 1.57. The highest BCUT2D eigenvalue weighted by Gasteiger charge is 2.34. The van der Waals surface area contributed by atoms with Crippen molar-refractivity contribution in [3.8, 4) is 5.75 Å². The second kappa shape index (κ2) is 7.67. The summed E-state index contributed by atoms with van der Waals surface area (Å²) in [5, 5.41) is 8.36. The van der Waals surface area contributed by atoms with Crippen LogP contribution in [0.3, 0.4) is 0 Å². The summed E-state index contributed by atoms with van der Waals surface area (Å²) in [6.45, 7) is 1.64. The van der Waals surface area contributed by atoms with Crippen molar-refractivity contribution in [3.05, 3.63) is 41.7 Å². The average Bonchev–Trinajstić information content (AvgIpc) is 3.20. The highest BCUT2D eigenvalue weighted by molar-refractivity contribution is 8.00. The molecule has 0 saturated carbocycles. The van der Waals surface area contributed by atoms with Gasteiger partial charge in [-0.25, -0.2) is 4.68 Å². The zero-order valence-electron chi connectivity index (χ0n) is 13.7. The Labute approximate surface area is 144 Å². The van der Waals surface area contributed by atoms with Gasteiger partial charge >= 0.3 is 0 Å². The number of para-hydroxylation sites is 1. The van der Waals surface area contributed by atoms with E-state index >= 15 is 0 Å². The fourth-order valence-electron chi connectivity index (χ4n) is 2.64. The van der Waals surface area contributed by atoms with Gasteiger partial charge in [0, 0.05) is 19.2 Å². The molecule has 0 spiro atoms. The molecule has 0 unspecified atom stereocenters. The van der Waals surface area contributed by atoms with Gasteiger partial charge in [-0.05, 0) is 6.07 Å². The summed E-state index contributed by atoms with van der Waals surface area (Å²) < 4.78 is 12.2. The summed E-state index contributed by atoms with van der Waals surface area (Å²) in [5.74, 6) is 1.40. The molecular weight excluding hydrogens is 328 g/mol. The summed E-state index contributed by atoms with van der Waals surface area (Å²) in [5.41, 5.74) is 1.82. The SMILES string of the molecule is COCCN1C(=O)CS[C@@H]1c1cn(Cc2ccccc2OC)nn1. The largest absolute Gasteiger partial charge is 0.496 e. The van der Waals surface area contributed by atoms with Gasteiger partial charge in [0.2, 0.25) is 5.91 Å². The molecule has 2 aromatic rings. The monoisotopic (exact) mass is 348 g/mol. The standard InChI is InChI=1S/C16H20N4O3S/c1-22-8-7-20-15(21)11-24-16(20)13-10-19(18-17-13)9-12-5-3-4-6-14(12)23-2/h3-6,10,16H,7-9,11H2,1-2H3/t16-/m1/s1. The van der Waals surface area contributed by atoms with Crippen molar-refractivity contribution in [2.45, 2.75) is 11.9 Å². The van der Waals surface area contributed by atoms with Gasteiger partial charge in [-0.3, -0.25) is 4.79 Å². The summed E-state index contributed by atoms with van der Waals surface area (Å²) in [7, 11) is 3.28. The van der Waals surface area contributed by atoms with E-state index in [0.717, 1.165) is 17.0 Å². The van der Waals surface area contributed by atoms with Crippen molar-refractivity contribution in [1.29, 1.82) is 0 Å². The Morgan fingerprint density at radius 3 is 2.96 bits per heavy atom. The number of carbonyl (C=O) groups is 1. The van der Waals surface area contributed by atoms with E-state index in [1.54, 1.807) is 35.6 Å². The average molecular weight is 348 g/mol. The summed E-state index contributed by atoms with van der Waals surface area (Å²) in [6.07, 6.45) is 1.89. The van der Waals surface area contributed by atoms with Crippen molar-refractivity contribution in [3.63, 3.8) is 0 Å². The minimum absolute atomic E-state index is 0.0981. The van der Waals surface area contributed by atoms with Crippen LogP contribution in [0.15, 0.2) is 30.5 Å². The van der Waals surface area contributed by atoms with Crippen LogP contribution < -0.4 is 4.74 Å². The summed E-state index contributed by atoms with van der Waals surface area (Å²) in [4.78, 5) is 13.8. The maximum Gasteiger partial charge on any atom is 0.233 e. The molecule has 24 heavy (non-hydrogen) atoms. The number of methoxy groups -OCH3 is 2. The minimum atomic E-state index is -0.0981. The molecule has 1 atom stereocenters. The number of thioether (sulfide) groups is 1. The Morgan fingerprint density at radius 1 is 1.33 bits per heavy atom. The zero-order chi connectivity index (χ0) is 16.9. The van der Waals surface area contributed by atoms with E-state index < -0.39 is 0 Å². The first-order valence-electron chi connectivity index (χ1n) is 7.65. The highest BCUT2D eigenvalue weighted by atomic mass is 32.2. The Balaban J connectivity index is 1.74. The molecule has 0 bridgehead atoms. The van der Waals surface area contributed by atoms with Crippen LogP contribution in [0.25, 0.3) is 0 Å². The van der Waals surface area contributed by atoms with Gasteiger partial charge in [0.25, 0.3) is 0 Å². The van der Waals surface area contributed by atoms with Crippen LogP contribution in [0.4, 0.5) is 0 Å². The molecule has 0 N–H and O–H groups in total. The number of carbonyl (C=O) groups excluding carboxylic acids is 1. The number of hydrogen-bond donors (Lipinski definition) is 0. The van der Waals surface area contributed by atoms with Gasteiger partial charge in [0.1, 0.15) is 16.8 Å². The molecule has 1 amide bonds. The lowest BCUT2D eigenvalue weighted by molar-refractivity contribution is -0.128. The van der Waals surface area contributed by atoms with E-state index in [4.69, 9.17) is 9.47 Å². The molecule has 7 nitrogen and oxygen atoms in total. The van der Waals surface area contributed by atoms with E-state index in [1.165, 1.54) is 0 Å². The number of hydrogen-bond acceptors (Lipinski definition) is 6. The first-order valence-corrected chi connectivity index (χ1v) is 8.69. The maximum absolute atomic E-state index is 12.0. The lowest BCUT2D eigenvalue weighted by atomic mass is 10.2. The van der Waals surface area contributed by atoms with Crippen molar-refractivity contribution in [2.24, 2.45) is 0 Å². The van der Waals surface area contributed by atoms with Crippen molar-refractivity contribution in [1.82, 2.24) is 19.9 Å². The van der Waals surface area contributed by atoms with Gasteiger partial charge in [-0.1, -0.05) is 23.4 Å². The van der Waals surface area contributed by atoms with Crippen molar-refractivity contribution < 1.29 is 14.3 Å². The molecule has 1 saturated heterocycles. The van der Waals surface area contributed by atoms with E-state index in [2.05, 4.69) is 10.3 Å². The third-order valence-electron chi connectivity index (χ3n) is 3.84. The number of aromatic nitrogens is 3. The lowest BCUT2D eigenvalue weighted by Gasteiger charge is -2.21. The minimum Gasteiger partial charge on any atom is -0.496 e. The van der Waals surface area contributed by atoms with E-state index in [9.17, 15) is 4.79 Å². The summed E-state index contributed by atoms with van der Waals surface area (Å²) in [6, 6.07) is 7.82. The highest BCUT2D eigenvalue weighted by Crippen LogP contribution is 2.37. The zero-order valence-corrected chi connectivity index (χ0v) is 14.5. The van der Waals surface area contributed by atoms with Crippen LogP contribution in [0.5, 0.6) is 5.75 Å². The third-order valence-corrected chi connectivity index (χ3v) is 5.06. The fraction of sp³-hybridized carbons (Fsp3) is 0.438. The van der Waals surface area contributed by atoms with Crippen LogP contribution in [-0.4, -0.2) is 58.9 Å². The van der Waals surface area contributed by atoms with Crippen molar-refractivity contribution in [2.75, 3.05) is 33.1 Å². The van der Waals surface area contributed by atoms with Gasteiger partial charge in [-0.15, -0.1) is 16.9 Å². The van der Waals surface area contributed by atoms with Crippen LogP contribution in [0.1, 0.15) is 16.6 Å². The molecule has 3 rings (SSSR count). The second-order valence-corrected chi connectivity index (χ2v) is 6.46. The van der Waals surface area contributed by atoms with E-state index in [-0.39, 0.29) is 11.3 Å². The Morgan fingerprint density at radius 2 is 2.17 bits per heavy atom. The number of rotatable bonds is 7. The molecule has 0 aliphatic carbocycles. The first-order chi connectivity index (χ1) is 11.7.